The van der Waals surface area contributed by atoms with Gasteiger partial charge in [-0.3, -0.25) is 0 Å². The number of hydrogen-bond acceptors (Lipinski definition) is 2. The highest BCUT2D eigenvalue weighted by Crippen LogP contribution is 2.28. The highest BCUT2D eigenvalue weighted by Gasteiger charge is 2.18. The second kappa shape index (κ2) is 4.69. The van der Waals surface area contributed by atoms with Crippen LogP contribution < -0.4 is 5.73 Å². The zero-order valence-corrected chi connectivity index (χ0v) is 10.5. The van der Waals surface area contributed by atoms with Crippen molar-refractivity contribution < 1.29 is 0 Å². The van der Waals surface area contributed by atoms with Crippen molar-refractivity contribution in [3.63, 3.8) is 0 Å². The molecule has 2 N–H and O–H groups in total. The van der Waals surface area contributed by atoms with Crippen molar-refractivity contribution in [3.05, 3.63) is 11.5 Å². The molecule has 1 unspecified atom stereocenters. The zero-order chi connectivity index (χ0) is 11.6. The molecule has 0 aliphatic rings. The number of nitrogens with zero attached hydrogens (tertiary/aromatic N) is 2. The van der Waals surface area contributed by atoms with Gasteiger partial charge in [-0.1, -0.05) is 20.8 Å². The van der Waals surface area contributed by atoms with E-state index in [2.05, 4.69) is 44.2 Å². The third-order valence-corrected chi connectivity index (χ3v) is 2.96. The van der Waals surface area contributed by atoms with Gasteiger partial charge < -0.3 is 10.3 Å². The van der Waals surface area contributed by atoms with Gasteiger partial charge in [-0.15, -0.1) is 0 Å². The van der Waals surface area contributed by atoms with Crippen LogP contribution in [0.4, 0.5) is 5.82 Å². The van der Waals surface area contributed by atoms with Gasteiger partial charge in [-0.2, -0.15) is 0 Å². The van der Waals surface area contributed by atoms with Crippen LogP contribution in [-0.4, -0.2) is 9.55 Å². The molecule has 3 heteroatoms. The van der Waals surface area contributed by atoms with Crippen molar-refractivity contribution in [2.45, 2.75) is 59.4 Å². The van der Waals surface area contributed by atoms with E-state index < -0.39 is 0 Å². The maximum atomic E-state index is 6.16. The predicted molar refractivity (Wildman–Crippen MR) is 65.1 cm³/mol. The minimum atomic E-state index is 0.394. The van der Waals surface area contributed by atoms with E-state index in [0.717, 1.165) is 30.2 Å². The summed E-state index contributed by atoms with van der Waals surface area (Å²) in [6.07, 6.45) is 2.03. The van der Waals surface area contributed by atoms with Crippen LogP contribution in [0, 0.1) is 0 Å². The molecule has 0 amide bonds. The van der Waals surface area contributed by atoms with Crippen molar-refractivity contribution in [2.75, 3.05) is 5.73 Å². The summed E-state index contributed by atoms with van der Waals surface area (Å²) in [7, 11) is 0. The fraction of sp³-hybridized carbons (Fsp3) is 0.750. The molecule has 0 aromatic carbocycles. The molecule has 0 bridgehead atoms. The molecule has 0 saturated heterocycles. The molecule has 0 spiro atoms. The number of imidazole rings is 1. The summed E-state index contributed by atoms with van der Waals surface area (Å²) < 4.78 is 2.15. The minimum absolute atomic E-state index is 0.394. The highest BCUT2D eigenvalue weighted by molar-refractivity contribution is 5.41. The summed E-state index contributed by atoms with van der Waals surface area (Å²) in [6, 6.07) is 0.394. The SMILES string of the molecule is CCc1nc(C(C)CC)c(N)n1C(C)C. The van der Waals surface area contributed by atoms with Gasteiger partial charge in [-0.05, 0) is 20.3 Å². The lowest BCUT2D eigenvalue weighted by atomic mass is 10.1. The van der Waals surface area contributed by atoms with Gasteiger partial charge in [0, 0.05) is 18.4 Å². The Balaban J connectivity index is 3.21. The average Bonchev–Trinajstić information content (AvgIpc) is 2.54. The summed E-state index contributed by atoms with van der Waals surface area (Å²) in [6.45, 7) is 10.8. The molecule has 86 valence electrons. The first kappa shape index (κ1) is 12.1. The van der Waals surface area contributed by atoms with Crippen LogP contribution in [0.5, 0.6) is 0 Å². The zero-order valence-electron chi connectivity index (χ0n) is 10.5. The van der Waals surface area contributed by atoms with Crippen LogP contribution in [0.25, 0.3) is 0 Å². The molecule has 1 rings (SSSR count). The molecule has 0 aliphatic carbocycles. The van der Waals surface area contributed by atoms with Crippen LogP contribution >= 0.6 is 0 Å². The molecule has 0 aliphatic heterocycles. The first-order valence-electron chi connectivity index (χ1n) is 5.89. The summed E-state index contributed by atoms with van der Waals surface area (Å²) in [5.41, 5.74) is 7.23. The third kappa shape index (κ3) is 2.16. The lowest BCUT2D eigenvalue weighted by Gasteiger charge is -2.13. The molecule has 3 nitrogen and oxygen atoms in total. The summed E-state index contributed by atoms with van der Waals surface area (Å²) >= 11 is 0. The summed E-state index contributed by atoms with van der Waals surface area (Å²) in [4.78, 5) is 4.66. The molecule has 1 aromatic heterocycles. The van der Waals surface area contributed by atoms with Crippen LogP contribution in [0.2, 0.25) is 0 Å². The highest BCUT2D eigenvalue weighted by atomic mass is 15.2. The molecule has 1 atom stereocenters. The van der Waals surface area contributed by atoms with Crippen LogP contribution in [-0.2, 0) is 6.42 Å². The Morgan fingerprint density at radius 1 is 1.27 bits per heavy atom. The molecule has 0 saturated carbocycles. The fourth-order valence-electron chi connectivity index (χ4n) is 1.89. The predicted octanol–water partition coefficient (Wildman–Crippen LogP) is 3.12. The van der Waals surface area contributed by atoms with Gasteiger partial charge in [0.25, 0.3) is 0 Å². The van der Waals surface area contributed by atoms with E-state index in [9.17, 15) is 0 Å². The summed E-state index contributed by atoms with van der Waals surface area (Å²) in [5.74, 6) is 2.42. The van der Waals surface area contributed by atoms with Crippen molar-refractivity contribution in [1.29, 1.82) is 0 Å². The second-order valence-corrected chi connectivity index (χ2v) is 4.43. The maximum absolute atomic E-state index is 6.16. The van der Waals surface area contributed by atoms with Gasteiger partial charge in [0.05, 0.1) is 5.69 Å². The van der Waals surface area contributed by atoms with Crippen LogP contribution in [0.15, 0.2) is 0 Å². The van der Waals surface area contributed by atoms with E-state index in [0.29, 0.717) is 12.0 Å². The monoisotopic (exact) mass is 209 g/mol. The van der Waals surface area contributed by atoms with E-state index in [1.807, 2.05) is 0 Å². The van der Waals surface area contributed by atoms with Crippen molar-refractivity contribution in [2.24, 2.45) is 0 Å². The lowest BCUT2D eigenvalue weighted by molar-refractivity contribution is 0.578. The van der Waals surface area contributed by atoms with E-state index in [1.54, 1.807) is 0 Å². The number of hydrogen-bond donors (Lipinski definition) is 1. The van der Waals surface area contributed by atoms with Gasteiger partial charge >= 0.3 is 0 Å². The van der Waals surface area contributed by atoms with Gasteiger partial charge in [0.15, 0.2) is 0 Å². The van der Waals surface area contributed by atoms with Gasteiger partial charge in [-0.25, -0.2) is 4.98 Å². The Morgan fingerprint density at radius 3 is 2.20 bits per heavy atom. The number of rotatable bonds is 4. The molecule has 0 radical (unpaired) electrons. The second-order valence-electron chi connectivity index (χ2n) is 4.43. The first-order valence-corrected chi connectivity index (χ1v) is 5.89. The molecule has 1 heterocycles. The normalized spacial score (nSPS) is 13.5. The Kier molecular flexibility index (Phi) is 3.77. The number of anilines is 1. The Morgan fingerprint density at radius 2 is 1.87 bits per heavy atom. The number of nitrogens with two attached hydrogens (primary N) is 1. The summed E-state index contributed by atoms with van der Waals surface area (Å²) in [5, 5.41) is 0. The number of aryl methyl sites for hydroxylation is 1. The smallest absolute Gasteiger partial charge is 0.127 e. The maximum Gasteiger partial charge on any atom is 0.127 e. The Labute approximate surface area is 92.7 Å². The lowest BCUT2D eigenvalue weighted by Crippen LogP contribution is -2.09. The standard InChI is InChI=1S/C12H23N3/c1-6-9(5)11-12(13)15(8(3)4)10(7-2)14-11/h8-9H,6-7,13H2,1-5H3. The van der Waals surface area contributed by atoms with E-state index in [1.165, 1.54) is 0 Å². The average molecular weight is 209 g/mol. The fourth-order valence-corrected chi connectivity index (χ4v) is 1.89. The van der Waals surface area contributed by atoms with Gasteiger partial charge in [0.1, 0.15) is 11.6 Å². The van der Waals surface area contributed by atoms with E-state index in [4.69, 9.17) is 5.73 Å². The largest absolute Gasteiger partial charge is 0.384 e. The van der Waals surface area contributed by atoms with Crippen LogP contribution in [0.3, 0.4) is 0 Å². The van der Waals surface area contributed by atoms with E-state index >= 15 is 0 Å². The first-order chi connectivity index (χ1) is 7.02. The van der Waals surface area contributed by atoms with Crippen LogP contribution in [0.1, 0.15) is 64.5 Å². The van der Waals surface area contributed by atoms with Crippen molar-refractivity contribution >= 4 is 5.82 Å². The molecule has 1 aromatic rings. The Bertz CT molecular complexity index is 326. The molecular formula is C12H23N3. The minimum Gasteiger partial charge on any atom is -0.384 e. The molecule has 15 heavy (non-hydrogen) atoms. The van der Waals surface area contributed by atoms with Gasteiger partial charge in [0.2, 0.25) is 0 Å². The Hall–Kier alpha value is -0.990. The molecular weight excluding hydrogens is 186 g/mol. The number of aromatic nitrogens is 2. The quantitative estimate of drug-likeness (QED) is 0.828. The molecule has 0 fully saturated rings. The van der Waals surface area contributed by atoms with Crippen molar-refractivity contribution in [3.8, 4) is 0 Å². The third-order valence-electron chi connectivity index (χ3n) is 2.96. The number of nitrogen functional groups attached to an aromatic ring is 1. The van der Waals surface area contributed by atoms with E-state index in [-0.39, 0.29) is 0 Å². The van der Waals surface area contributed by atoms with Crippen molar-refractivity contribution in [1.82, 2.24) is 9.55 Å². The topological polar surface area (TPSA) is 43.8 Å².